The minimum Gasteiger partial charge on any atom is -0.352 e. The van der Waals surface area contributed by atoms with Crippen molar-refractivity contribution in [1.82, 2.24) is 25.0 Å². The zero-order valence-electron chi connectivity index (χ0n) is 15.9. The highest BCUT2D eigenvalue weighted by atomic mass is 16.1. The Balaban J connectivity index is 1.46. The van der Waals surface area contributed by atoms with E-state index in [1.165, 1.54) is 25.7 Å². The molecule has 0 unspecified atom stereocenters. The summed E-state index contributed by atoms with van der Waals surface area (Å²) in [5.41, 5.74) is 0. The number of nitrogens with one attached hydrogen (secondary N) is 1. The molecular formula is C19H33N5O. The Hall–Kier alpha value is -1.43. The predicted molar refractivity (Wildman–Crippen MR) is 98.0 cm³/mol. The molecule has 0 radical (unpaired) electrons. The van der Waals surface area contributed by atoms with Crippen LogP contribution in [0, 0.1) is 11.8 Å². The number of nitrogens with zero attached hydrogens (tertiary/aromatic N) is 4. The molecule has 2 aliphatic rings. The molecule has 6 heteroatoms. The molecule has 1 N–H and O–H groups in total. The van der Waals surface area contributed by atoms with E-state index in [9.17, 15) is 4.79 Å². The molecule has 2 heterocycles. The second kappa shape index (κ2) is 8.30. The van der Waals surface area contributed by atoms with Crippen molar-refractivity contribution < 1.29 is 4.79 Å². The molecule has 1 aliphatic heterocycles. The van der Waals surface area contributed by atoms with Gasteiger partial charge in [0.05, 0.1) is 6.54 Å². The van der Waals surface area contributed by atoms with Crippen LogP contribution in [0.25, 0.3) is 0 Å². The zero-order valence-corrected chi connectivity index (χ0v) is 15.9. The second-order valence-electron chi connectivity index (χ2n) is 8.25. The Morgan fingerprint density at radius 1 is 1.32 bits per heavy atom. The molecular weight excluding hydrogens is 314 g/mol. The normalized spacial score (nSPS) is 25.1. The SMILES string of the molecule is CC(C)n1ncnc1CN1C[C@@H](C)[C@H](NC(=O)CCC2CCCC2)C1. The Morgan fingerprint density at radius 3 is 2.80 bits per heavy atom. The topological polar surface area (TPSA) is 63.1 Å². The number of amides is 1. The van der Waals surface area contributed by atoms with E-state index in [0.717, 1.165) is 37.8 Å². The van der Waals surface area contributed by atoms with Crippen LogP contribution in [0.4, 0.5) is 0 Å². The summed E-state index contributed by atoms with van der Waals surface area (Å²) >= 11 is 0. The highest BCUT2D eigenvalue weighted by Gasteiger charge is 2.31. The lowest BCUT2D eigenvalue weighted by molar-refractivity contribution is -0.122. The molecule has 3 rings (SSSR count). The van der Waals surface area contributed by atoms with E-state index in [4.69, 9.17) is 0 Å². The summed E-state index contributed by atoms with van der Waals surface area (Å²) < 4.78 is 1.98. The highest BCUT2D eigenvalue weighted by molar-refractivity contribution is 5.76. The number of hydrogen-bond donors (Lipinski definition) is 1. The fourth-order valence-electron chi connectivity index (χ4n) is 4.32. The van der Waals surface area contributed by atoms with Crippen LogP contribution in [-0.4, -0.2) is 44.7 Å². The second-order valence-corrected chi connectivity index (χ2v) is 8.25. The molecule has 0 spiro atoms. The minimum atomic E-state index is 0.232. The Kier molecular flexibility index (Phi) is 6.10. The maximum Gasteiger partial charge on any atom is 0.220 e. The first-order valence-electron chi connectivity index (χ1n) is 9.93. The Morgan fingerprint density at radius 2 is 2.08 bits per heavy atom. The van der Waals surface area contributed by atoms with Crippen LogP contribution >= 0.6 is 0 Å². The van der Waals surface area contributed by atoms with E-state index in [0.29, 0.717) is 18.4 Å². The number of carbonyl (C=O) groups excluding carboxylic acids is 1. The molecule has 1 saturated carbocycles. The van der Waals surface area contributed by atoms with Crippen molar-refractivity contribution in [3.05, 3.63) is 12.2 Å². The number of rotatable bonds is 7. The summed E-state index contributed by atoms with van der Waals surface area (Å²) in [6, 6.07) is 0.579. The zero-order chi connectivity index (χ0) is 17.8. The number of aromatic nitrogens is 3. The summed E-state index contributed by atoms with van der Waals surface area (Å²) in [6.45, 7) is 9.18. The molecule has 2 fully saturated rings. The molecule has 1 aromatic heterocycles. The van der Waals surface area contributed by atoms with Crippen molar-refractivity contribution in [2.24, 2.45) is 11.8 Å². The van der Waals surface area contributed by atoms with Crippen LogP contribution < -0.4 is 5.32 Å². The molecule has 2 atom stereocenters. The van der Waals surface area contributed by atoms with Crippen molar-refractivity contribution >= 4 is 5.91 Å². The maximum absolute atomic E-state index is 12.3. The molecule has 1 aliphatic carbocycles. The van der Waals surface area contributed by atoms with Crippen molar-refractivity contribution in [3.8, 4) is 0 Å². The summed E-state index contributed by atoms with van der Waals surface area (Å²) in [7, 11) is 0. The first kappa shape index (κ1) is 18.4. The van der Waals surface area contributed by atoms with Gasteiger partial charge < -0.3 is 5.32 Å². The van der Waals surface area contributed by atoms with E-state index >= 15 is 0 Å². The first-order valence-corrected chi connectivity index (χ1v) is 9.93. The van der Waals surface area contributed by atoms with Gasteiger partial charge in [0.25, 0.3) is 0 Å². The van der Waals surface area contributed by atoms with Crippen LogP contribution in [0.1, 0.15) is 71.2 Å². The molecule has 0 bridgehead atoms. The Bertz CT molecular complexity index is 564. The van der Waals surface area contributed by atoms with Gasteiger partial charge in [-0.15, -0.1) is 0 Å². The van der Waals surface area contributed by atoms with Crippen molar-refractivity contribution in [2.75, 3.05) is 13.1 Å². The maximum atomic E-state index is 12.3. The van der Waals surface area contributed by atoms with Crippen LogP contribution in [0.5, 0.6) is 0 Å². The first-order chi connectivity index (χ1) is 12.0. The van der Waals surface area contributed by atoms with Gasteiger partial charge in [-0.2, -0.15) is 5.10 Å². The number of likely N-dealkylation sites (tertiary alicyclic amines) is 1. The molecule has 1 saturated heterocycles. The summed E-state index contributed by atoms with van der Waals surface area (Å²) in [5.74, 6) is 2.50. The van der Waals surface area contributed by atoms with Gasteiger partial charge in [-0.3, -0.25) is 9.69 Å². The van der Waals surface area contributed by atoms with Crippen LogP contribution in [0.15, 0.2) is 6.33 Å². The van der Waals surface area contributed by atoms with Gasteiger partial charge in [-0.25, -0.2) is 9.67 Å². The van der Waals surface area contributed by atoms with Crippen molar-refractivity contribution in [3.63, 3.8) is 0 Å². The standard InChI is InChI=1S/C19H33N5O/c1-14(2)24-18(20-13-21-24)12-23-10-15(3)17(11-23)22-19(25)9-8-16-6-4-5-7-16/h13-17H,4-12H2,1-3H3,(H,22,25)/t15-,17-/m1/s1. The lowest BCUT2D eigenvalue weighted by Gasteiger charge is -2.18. The molecule has 0 aromatic carbocycles. The van der Waals surface area contributed by atoms with E-state index < -0.39 is 0 Å². The van der Waals surface area contributed by atoms with Gasteiger partial charge in [-0.05, 0) is 32.1 Å². The van der Waals surface area contributed by atoms with Crippen LogP contribution in [-0.2, 0) is 11.3 Å². The van der Waals surface area contributed by atoms with Gasteiger partial charge in [-0.1, -0.05) is 32.6 Å². The largest absolute Gasteiger partial charge is 0.352 e. The van der Waals surface area contributed by atoms with Crippen LogP contribution in [0.2, 0.25) is 0 Å². The van der Waals surface area contributed by atoms with E-state index in [-0.39, 0.29) is 11.9 Å². The van der Waals surface area contributed by atoms with Crippen molar-refractivity contribution in [1.29, 1.82) is 0 Å². The van der Waals surface area contributed by atoms with E-state index in [1.54, 1.807) is 6.33 Å². The van der Waals surface area contributed by atoms with Crippen molar-refractivity contribution in [2.45, 2.75) is 77.9 Å². The lowest BCUT2D eigenvalue weighted by Crippen LogP contribution is -2.39. The van der Waals surface area contributed by atoms with Gasteiger partial charge >= 0.3 is 0 Å². The molecule has 25 heavy (non-hydrogen) atoms. The fourth-order valence-corrected chi connectivity index (χ4v) is 4.32. The fraction of sp³-hybridized carbons (Fsp3) is 0.842. The molecule has 6 nitrogen and oxygen atoms in total. The number of carbonyl (C=O) groups is 1. The molecule has 140 valence electrons. The third kappa shape index (κ3) is 4.81. The number of hydrogen-bond acceptors (Lipinski definition) is 4. The van der Waals surface area contributed by atoms with Gasteiger partial charge in [0.1, 0.15) is 12.2 Å². The smallest absolute Gasteiger partial charge is 0.220 e. The highest BCUT2D eigenvalue weighted by Crippen LogP contribution is 2.28. The average Bonchev–Trinajstić information content (AvgIpc) is 3.28. The molecule has 1 aromatic rings. The third-order valence-corrected chi connectivity index (χ3v) is 5.79. The summed E-state index contributed by atoms with van der Waals surface area (Å²) in [5, 5.41) is 7.59. The lowest BCUT2D eigenvalue weighted by atomic mass is 10.0. The third-order valence-electron chi connectivity index (χ3n) is 5.79. The van der Waals surface area contributed by atoms with Gasteiger partial charge in [0.15, 0.2) is 0 Å². The van der Waals surface area contributed by atoms with Gasteiger partial charge in [0.2, 0.25) is 5.91 Å². The minimum absolute atomic E-state index is 0.232. The van der Waals surface area contributed by atoms with Crippen LogP contribution in [0.3, 0.4) is 0 Å². The molecule has 1 amide bonds. The average molecular weight is 348 g/mol. The van der Waals surface area contributed by atoms with Gasteiger partial charge in [0, 0.05) is 31.6 Å². The van der Waals surface area contributed by atoms with E-state index in [1.807, 2.05) is 4.68 Å². The summed E-state index contributed by atoms with van der Waals surface area (Å²) in [4.78, 5) is 19.1. The van der Waals surface area contributed by atoms with E-state index in [2.05, 4.69) is 41.1 Å². The monoisotopic (exact) mass is 347 g/mol. The summed E-state index contributed by atoms with van der Waals surface area (Å²) in [6.07, 6.45) is 8.72. The predicted octanol–water partition coefficient (Wildman–Crippen LogP) is 2.77. The Labute approximate surface area is 151 Å². The quantitative estimate of drug-likeness (QED) is 0.824.